The molecule has 1 aromatic heterocycles. The molecule has 1 aromatic rings. The van der Waals surface area contributed by atoms with E-state index in [1.54, 1.807) is 0 Å². The fraction of sp³-hybridized carbons (Fsp3) is 0.875. The van der Waals surface area contributed by atoms with Crippen molar-refractivity contribution in [2.24, 2.45) is 0 Å². The van der Waals surface area contributed by atoms with E-state index in [0.717, 1.165) is 6.54 Å². The Morgan fingerprint density at radius 1 is 1.23 bits per heavy atom. The van der Waals surface area contributed by atoms with E-state index in [1.165, 1.54) is 56.7 Å². The largest absolute Gasteiger partial charge is 0.424 e. The van der Waals surface area contributed by atoms with Crippen molar-refractivity contribution in [2.45, 2.75) is 57.5 Å². The van der Waals surface area contributed by atoms with Gasteiger partial charge in [0.1, 0.15) is 0 Å². The van der Waals surface area contributed by atoms with Crippen LogP contribution in [0.4, 0.5) is 0 Å². The fourth-order valence-electron chi connectivity index (χ4n) is 3.77. The minimum Gasteiger partial charge on any atom is -0.424 e. The summed E-state index contributed by atoms with van der Waals surface area (Å²) in [6.45, 7) is 7.47. The first-order valence-corrected chi connectivity index (χ1v) is 9.71. The Bertz CT molecular complexity index is 466. The molecular weight excluding hydrogens is 296 g/mol. The lowest BCUT2D eigenvalue weighted by Crippen LogP contribution is -2.58. The molecule has 1 N–H and O–H groups in total. The molecule has 0 aromatic carbocycles. The number of aryl methyl sites for hydroxylation is 1. The lowest BCUT2D eigenvalue weighted by atomic mass is 9.79. The predicted molar refractivity (Wildman–Crippen MR) is 90.2 cm³/mol. The summed E-state index contributed by atoms with van der Waals surface area (Å²) in [4.78, 5) is 2.75. The minimum absolute atomic E-state index is 0.124. The Balaban J connectivity index is 1.64. The zero-order valence-corrected chi connectivity index (χ0v) is 14.6. The van der Waals surface area contributed by atoms with Gasteiger partial charge in [-0.2, -0.15) is 11.8 Å². The average molecular weight is 324 g/mol. The van der Waals surface area contributed by atoms with E-state index in [0.29, 0.717) is 17.3 Å². The molecular formula is C16H28N4OS. The molecule has 1 aliphatic heterocycles. The molecule has 0 spiro atoms. The number of nitrogens with zero attached hydrogens (tertiary/aromatic N) is 3. The Kier molecular flexibility index (Phi) is 5.42. The molecule has 2 aliphatic rings. The molecule has 124 valence electrons. The van der Waals surface area contributed by atoms with E-state index < -0.39 is 0 Å². The summed E-state index contributed by atoms with van der Waals surface area (Å²) in [5.41, 5.74) is 0.336. The maximum Gasteiger partial charge on any atom is 0.233 e. The second kappa shape index (κ2) is 7.32. The van der Waals surface area contributed by atoms with Crippen molar-refractivity contribution < 1.29 is 4.42 Å². The van der Waals surface area contributed by atoms with Crippen molar-refractivity contribution in [3.05, 3.63) is 11.8 Å². The number of nitrogens with one attached hydrogen (secondary N) is 1. The van der Waals surface area contributed by atoms with Crippen LogP contribution in [0.3, 0.4) is 0 Å². The van der Waals surface area contributed by atoms with E-state index in [9.17, 15) is 0 Å². The van der Waals surface area contributed by atoms with Gasteiger partial charge in [-0.25, -0.2) is 0 Å². The summed E-state index contributed by atoms with van der Waals surface area (Å²) < 4.78 is 5.56. The SMILES string of the molecule is Cc1nnc([C@@H](C)NCC2(N3CCSCC3)CCCCC2)o1. The van der Waals surface area contributed by atoms with Crippen molar-refractivity contribution >= 4 is 11.8 Å². The molecule has 1 aliphatic carbocycles. The molecule has 0 unspecified atom stereocenters. The van der Waals surface area contributed by atoms with Crippen LogP contribution in [0.1, 0.15) is 56.9 Å². The van der Waals surface area contributed by atoms with Crippen LogP contribution in [0, 0.1) is 6.92 Å². The van der Waals surface area contributed by atoms with Crippen LogP contribution in [-0.4, -0.2) is 51.8 Å². The number of rotatable bonds is 5. The van der Waals surface area contributed by atoms with Crippen LogP contribution in [-0.2, 0) is 0 Å². The van der Waals surface area contributed by atoms with Crippen LogP contribution in [0.15, 0.2) is 4.42 Å². The summed E-state index contributed by atoms with van der Waals surface area (Å²) in [6.07, 6.45) is 6.75. The molecule has 5 nitrogen and oxygen atoms in total. The van der Waals surface area contributed by atoms with Gasteiger partial charge in [-0.15, -0.1) is 10.2 Å². The Hall–Kier alpha value is -0.590. The van der Waals surface area contributed by atoms with Crippen molar-refractivity contribution in [1.82, 2.24) is 20.4 Å². The lowest BCUT2D eigenvalue weighted by molar-refractivity contribution is 0.0556. The molecule has 0 bridgehead atoms. The Labute approximate surface area is 137 Å². The highest BCUT2D eigenvalue weighted by Crippen LogP contribution is 2.35. The highest BCUT2D eigenvalue weighted by atomic mass is 32.2. The Morgan fingerprint density at radius 3 is 2.59 bits per heavy atom. The summed E-state index contributed by atoms with van der Waals surface area (Å²) in [5, 5.41) is 11.8. The predicted octanol–water partition coefficient (Wildman–Crippen LogP) is 2.78. The third kappa shape index (κ3) is 3.66. The number of hydrogen-bond acceptors (Lipinski definition) is 6. The van der Waals surface area contributed by atoms with E-state index in [1.807, 2.05) is 6.92 Å². The van der Waals surface area contributed by atoms with Gasteiger partial charge in [0, 0.05) is 43.6 Å². The highest BCUT2D eigenvalue weighted by Gasteiger charge is 2.38. The quantitative estimate of drug-likeness (QED) is 0.899. The summed E-state index contributed by atoms with van der Waals surface area (Å²) in [6, 6.07) is 0.124. The first kappa shape index (κ1) is 16.3. The molecule has 2 fully saturated rings. The van der Waals surface area contributed by atoms with Crippen molar-refractivity contribution in [3.63, 3.8) is 0 Å². The van der Waals surface area contributed by atoms with E-state index in [2.05, 4.69) is 39.1 Å². The third-order valence-corrected chi connectivity index (χ3v) is 6.06. The van der Waals surface area contributed by atoms with Crippen LogP contribution in [0.5, 0.6) is 0 Å². The highest BCUT2D eigenvalue weighted by molar-refractivity contribution is 7.99. The third-order valence-electron chi connectivity index (χ3n) is 5.12. The second-order valence-electron chi connectivity index (χ2n) is 6.65. The molecule has 2 heterocycles. The number of aromatic nitrogens is 2. The topological polar surface area (TPSA) is 54.2 Å². The van der Waals surface area contributed by atoms with E-state index in [-0.39, 0.29) is 6.04 Å². The van der Waals surface area contributed by atoms with Gasteiger partial charge in [0.25, 0.3) is 0 Å². The van der Waals surface area contributed by atoms with Gasteiger partial charge in [-0.3, -0.25) is 4.90 Å². The van der Waals surface area contributed by atoms with Crippen LogP contribution >= 0.6 is 11.8 Å². The van der Waals surface area contributed by atoms with Crippen LogP contribution in [0.25, 0.3) is 0 Å². The van der Waals surface area contributed by atoms with E-state index in [4.69, 9.17) is 4.42 Å². The maximum absolute atomic E-state index is 5.56. The first-order valence-electron chi connectivity index (χ1n) is 8.56. The van der Waals surface area contributed by atoms with Gasteiger partial charge >= 0.3 is 0 Å². The molecule has 1 atom stereocenters. The summed E-state index contributed by atoms with van der Waals surface area (Å²) in [5.74, 6) is 3.90. The second-order valence-corrected chi connectivity index (χ2v) is 7.87. The van der Waals surface area contributed by atoms with E-state index >= 15 is 0 Å². The zero-order valence-electron chi connectivity index (χ0n) is 13.8. The van der Waals surface area contributed by atoms with Crippen LogP contribution in [0.2, 0.25) is 0 Å². The Morgan fingerprint density at radius 2 is 1.95 bits per heavy atom. The van der Waals surface area contributed by atoms with Crippen LogP contribution < -0.4 is 5.32 Å². The van der Waals surface area contributed by atoms with Gasteiger partial charge in [0.05, 0.1) is 6.04 Å². The van der Waals surface area contributed by atoms with Crippen molar-refractivity contribution in [3.8, 4) is 0 Å². The average Bonchev–Trinajstić information content (AvgIpc) is 3.01. The first-order chi connectivity index (χ1) is 10.7. The molecule has 22 heavy (non-hydrogen) atoms. The monoisotopic (exact) mass is 324 g/mol. The number of hydrogen-bond donors (Lipinski definition) is 1. The molecule has 1 saturated heterocycles. The van der Waals surface area contributed by atoms with Gasteiger partial charge in [0.2, 0.25) is 11.8 Å². The van der Waals surface area contributed by atoms with Crippen molar-refractivity contribution in [2.75, 3.05) is 31.1 Å². The summed E-state index contributed by atoms with van der Waals surface area (Å²) >= 11 is 2.09. The normalized spacial score (nSPS) is 24.3. The fourth-order valence-corrected chi connectivity index (χ4v) is 4.67. The maximum atomic E-state index is 5.56. The van der Waals surface area contributed by atoms with Gasteiger partial charge in [0.15, 0.2) is 0 Å². The molecule has 0 amide bonds. The molecule has 3 rings (SSSR count). The molecule has 1 saturated carbocycles. The van der Waals surface area contributed by atoms with Gasteiger partial charge in [-0.1, -0.05) is 19.3 Å². The van der Waals surface area contributed by atoms with Gasteiger partial charge in [-0.05, 0) is 19.8 Å². The smallest absolute Gasteiger partial charge is 0.233 e. The zero-order chi connectivity index (χ0) is 15.4. The van der Waals surface area contributed by atoms with Gasteiger partial charge < -0.3 is 9.73 Å². The van der Waals surface area contributed by atoms with Crippen molar-refractivity contribution in [1.29, 1.82) is 0 Å². The lowest BCUT2D eigenvalue weighted by Gasteiger charge is -2.48. The standard InChI is InChI=1S/C16H28N4OS/c1-13(15-19-18-14(2)21-15)17-12-16(6-4-3-5-7-16)20-8-10-22-11-9-20/h13,17H,3-12H2,1-2H3/t13-/m1/s1. The number of thioether (sulfide) groups is 1. The molecule has 6 heteroatoms. The summed E-state index contributed by atoms with van der Waals surface area (Å²) in [7, 11) is 0. The minimum atomic E-state index is 0.124. The molecule has 0 radical (unpaired) electrons.